The van der Waals surface area contributed by atoms with Gasteiger partial charge in [-0.3, -0.25) is 5.10 Å². The number of nitrogens with two attached hydrogens (primary N) is 1. The van der Waals surface area contributed by atoms with Crippen LogP contribution in [-0.4, -0.2) is 33.3 Å². The van der Waals surface area contributed by atoms with Crippen molar-refractivity contribution in [1.29, 1.82) is 0 Å². The van der Waals surface area contributed by atoms with Crippen LogP contribution in [0, 0.1) is 6.92 Å². The van der Waals surface area contributed by atoms with Crippen molar-refractivity contribution in [1.82, 2.24) is 20.2 Å². The molecule has 0 bridgehead atoms. The van der Waals surface area contributed by atoms with Gasteiger partial charge >= 0.3 is 0 Å². The zero-order valence-corrected chi connectivity index (χ0v) is 13.2. The lowest BCUT2D eigenvalue weighted by Gasteiger charge is -2.11. The van der Waals surface area contributed by atoms with E-state index in [1.54, 1.807) is 0 Å². The van der Waals surface area contributed by atoms with E-state index in [1.165, 1.54) is 29.8 Å². The van der Waals surface area contributed by atoms with Crippen LogP contribution in [0.5, 0.6) is 0 Å². The van der Waals surface area contributed by atoms with Gasteiger partial charge in [0.2, 0.25) is 0 Å². The third-order valence-corrected chi connectivity index (χ3v) is 4.10. The molecule has 0 unspecified atom stereocenters. The topological polar surface area (TPSA) is 92.5 Å². The van der Waals surface area contributed by atoms with Crippen molar-refractivity contribution in [3.05, 3.63) is 34.5 Å². The molecule has 6 heteroatoms. The number of fused-ring (bicyclic) bond motifs is 1. The molecule has 3 rings (SSSR count). The third-order valence-electron chi connectivity index (χ3n) is 4.10. The van der Waals surface area contributed by atoms with E-state index >= 15 is 0 Å². The molecule has 0 atom stereocenters. The van der Waals surface area contributed by atoms with Gasteiger partial charge in [-0.1, -0.05) is 0 Å². The second kappa shape index (κ2) is 6.87. The summed E-state index contributed by atoms with van der Waals surface area (Å²) in [7, 11) is 0. The van der Waals surface area contributed by atoms with Crippen LogP contribution < -0.4 is 11.1 Å². The average molecular weight is 300 g/mol. The zero-order valence-electron chi connectivity index (χ0n) is 13.2. The van der Waals surface area contributed by atoms with Gasteiger partial charge in [-0.2, -0.15) is 5.10 Å². The maximum atomic E-state index is 5.60. The maximum absolute atomic E-state index is 5.60. The summed E-state index contributed by atoms with van der Waals surface area (Å²) < 4.78 is 0. The lowest BCUT2D eigenvalue weighted by Crippen LogP contribution is -2.11. The zero-order chi connectivity index (χ0) is 15.4. The van der Waals surface area contributed by atoms with Gasteiger partial charge in [-0.05, 0) is 44.7 Å². The number of nitrogens with one attached hydrogen (secondary N) is 2. The number of aromatic nitrogens is 4. The number of aryl methyl sites for hydroxylation is 2. The van der Waals surface area contributed by atoms with Crippen LogP contribution in [0.1, 0.15) is 41.3 Å². The largest absolute Gasteiger partial charge is 0.370 e. The summed E-state index contributed by atoms with van der Waals surface area (Å²) >= 11 is 0. The van der Waals surface area contributed by atoms with E-state index in [0.29, 0.717) is 6.54 Å². The Morgan fingerprint density at radius 1 is 1.23 bits per heavy atom. The van der Waals surface area contributed by atoms with E-state index in [2.05, 4.69) is 25.5 Å². The lowest BCUT2D eigenvalue weighted by molar-refractivity contribution is 0.672. The summed E-state index contributed by atoms with van der Waals surface area (Å²) in [5.41, 5.74) is 10.6. The predicted molar refractivity (Wildman–Crippen MR) is 87.0 cm³/mol. The molecule has 0 aromatic carbocycles. The molecule has 0 fully saturated rings. The molecule has 118 valence electrons. The number of rotatable bonds is 6. The van der Waals surface area contributed by atoms with Crippen molar-refractivity contribution >= 4 is 5.82 Å². The third kappa shape index (κ3) is 3.44. The standard InChI is InChI=1S/C16H24N6/c1-11-19-12(6-8-17)10-16(20-11)18-9-7-15-13-4-2-3-5-14(13)21-22-15/h10H,2-9,17H2,1H3,(H,21,22)(H,18,19,20). The lowest BCUT2D eigenvalue weighted by atomic mass is 9.95. The van der Waals surface area contributed by atoms with Crippen molar-refractivity contribution in [2.24, 2.45) is 5.73 Å². The summed E-state index contributed by atoms with van der Waals surface area (Å²) in [5.74, 6) is 1.66. The van der Waals surface area contributed by atoms with Crippen LogP contribution in [0.4, 0.5) is 5.82 Å². The Hall–Kier alpha value is -1.95. The molecule has 0 saturated carbocycles. The Morgan fingerprint density at radius 2 is 2.09 bits per heavy atom. The minimum absolute atomic E-state index is 0.606. The Kier molecular flexibility index (Phi) is 4.68. The maximum Gasteiger partial charge on any atom is 0.129 e. The van der Waals surface area contributed by atoms with Gasteiger partial charge < -0.3 is 11.1 Å². The minimum Gasteiger partial charge on any atom is -0.370 e. The van der Waals surface area contributed by atoms with E-state index in [9.17, 15) is 0 Å². The summed E-state index contributed by atoms with van der Waals surface area (Å²) in [4.78, 5) is 8.82. The fraction of sp³-hybridized carbons (Fsp3) is 0.562. The van der Waals surface area contributed by atoms with E-state index in [1.807, 2.05) is 13.0 Å². The number of nitrogens with zero attached hydrogens (tertiary/aromatic N) is 3. The molecule has 0 spiro atoms. The molecule has 4 N–H and O–H groups in total. The predicted octanol–water partition coefficient (Wildman–Crippen LogP) is 1.54. The Morgan fingerprint density at radius 3 is 2.95 bits per heavy atom. The monoisotopic (exact) mass is 300 g/mol. The highest BCUT2D eigenvalue weighted by molar-refractivity contribution is 5.37. The van der Waals surface area contributed by atoms with Crippen LogP contribution in [0.3, 0.4) is 0 Å². The molecule has 0 amide bonds. The van der Waals surface area contributed by atoms with Gasteiger partial charge in [0.05, 0.1) is 5.69 Å². The molecule has 2 aromatic rings. The second-order valence-corrected chi connectivity index (χ2v) is 5.84. The van der Waals surface area contributed by atoms with Gasteiger partial charge in [0.25, 0.3) is 0 Å². The molecule has 1 aliphatic carbocycles. The summed E-state index contributed by atoms with van der Waals surface area (Å²) in [6.45, 7) is 3.35. The molecule has 2 heterocycles. The number of anilines is 1. The van der Waals surface area contributed by atoms with E-state index < -0.39 is 0 Å². The van der Waals surface area contributed by atoms with Gasteiger partial charge in [0.15, 0.2) is 0 Å². The van der Waals surface area contributed by atoms with Crippen molar-refractivity contribution < 1.29 is 0 Å². The Balaban J connectivity index is 1.60. The molecular weight excluding hydrogens is 276 g/mol. The Labute approximate surface area is 130 Å². The molecule has 0 saturated heterocycles. The van der Waals surface area contributed by atoms with Crippen LogP contribution in [0.15, 0.2) is 6.07 Å². The van der Waals surface area contributed by atoms with Crippen molar-refractivity contribution in [2.45, 2.75) is 45.4 Å². The highest BCUT2D eigenvalue weighted by Gasteiger charge is 2.16. The number of hydrogen-bond acceptors (Lipinski definition) is 5. The van der Waals surface area contributed by atoms with Gasteiger partial charge in [0.1, 0.15) is 11.6 Å². The normalized spacial score (nSPS) is 13.9. The van der Waals surface area contributed by atoms with Crippen LogP contribution in [-0.2, 0) is 25.7 Å². The summed E-state index contributed by atoms with van der Waals surface area (Å²) in [5, 5.41) is 11.1. The second-order valence-electron chi connectivity index (χ2n) is 5.84. The first kappa shape index (κ1) is 15.0. The number of hydrogen-bond donors (Lipinski definition) is 3. The van der Waals surface area contributed by atoms with Gasteiger partial charge in [0, 0.05) is 36.8 Å². The molecule has 1 aliphatic rings. The van der Waals surface area contributed by atoms with Crippen molar-refractivity contribution in [3.8, 4) is 0 Å². The van der Waals surface area contributed by atoms with E-state index in [-0.39, 0.29) is 0 Å². The van der Waals surface area contributed by atoms with E-state index in [4.69, 9.17) is 5.73 Å². The first-order chi connectivity index (χ1) is 10.8. The van der Waals surface area contributed by atoms with Crippen molar-refractivity contribution in [2.75, 3.05) is 18.4 Å². The molecule has 0 radical (unpaired) electrons. The highest BCUT2D eigenvalue weighted by atomic mass is 15.1. The smallest absolute Gasteiger partial charge is 0.129 e. The first-order valence-electron chi connectivity index (χ1n) is 8.10. The minimum atomic E-state index is 0.606. The SMILES string of the molecule is Cc1nc(CCN)cc(NCCc2n[nH]c3c2CCCC3)n1. The summed E-state index contributed by atoms with van der Waals surface area (Å²) in [6, 6.07) is 1.99. The number of H-pyrrole nitrogens is 1. The quantitative estimate of drug-likeness (QED) is 0.752. The molecule has 22 heavy (non-hydrogen) atoms. The fourth-order valence-corrected chi connectivity index (χ4v) is 3.06. The average Bonchev–Trinajstić information content (AvgIpc) is 2.91. The molecule has 0 aliphatic heterocycles. The highest BCUT2D eigenvalue weighted by Crippen LogP contribution is 2.22. The summed E-state index contributed by atoms with van der Waals surface area (Å²) in [6.07, 6.45) is 6.56. The van der Waals surface area contributed by atoms with Crippen molar-refractivity contribution in [3.63, 3.8) is 0 Å². The Bertz CT molecular complexity index is 634. The molecule has 2 aromatic heterocycles. The molecule has 6 nitrogen and oxygen atoms in total. The first-order valence-corrected chi connectivity index (χ1v) is 8.10. The van der Waals surface area contributed by atoms with E-state index in [0.717, 1.165) is 49.6 Å². The number of aromatic amines is 1. The molecular formula is C16H24N6. The van der Waals surface area contributed by atoms with Crippen LogP contribution >= 0.6 is 0 Å². The van der Waals surface area contributed by atoms with Crippen LogP contribution in [0.25, 0.3) is 0 Å². The fourth-order valence-electron chi connectivity index (χ4n) is 3.06. The van der Waals surface area contributed by atoms with Gasteiger partial charge in [-0.15, -0.1) is 0 Å². The van der Waals surface area contributed by atoms with Crippen LogP contribution in [0.2, 0.25) is 0 Å². The van der Waals surface area contributed by atoms with Gasteiger partial charge in [-0.25, -0.2) is 9.97 Å².